The van der Waals surface area contributed by atoms with Crippen LogP contribution in [0.4, 0.5) is 14.5 Å². The summed E-state index contributed by atoms with van der Waals surface area (Å²) in [6, 6.07) is 5.79. The van der Waals surface area contributed by atoms with Crippen molar-refractivity contribution in [3.63, 3.8) is 0 Å². The maximum Gasteiger partial charge on any atom is 0.387 e. The fourth-order valence-corrected chi connectivity index (χ4v) is 1.76. The molecule has 4 N–H and O–H groups in total. The minimum absolute atomic E-state index is 0.0923. The molecule has 0 aliphatic carbocycles. The number of benzene rings is 1. The molecule has 0 saturated heterocycles. The maximum atomic E-state index is 12.3. The Morgan fingerprint density at radius 3 is 2.71 bits per heavy atom. The molecule has 0 fully saturated rings. The van der Waals surface area contributed by atoms with E-state index in [1.807, 2.05) is 6.92 Å². The molecule has 21 heavy (non-hydrogen) atoms. The molecule has 0 bridgehead atoms. The smallest absolute Gasteiger partial charge is 0.387 e. The number of alkyl halides is 2. The summed E-state index contributed by atoms with van der Waals surface area (Å²) in [5.74, 6) is -1.80. The van der Waals surface area contributed by atoms with Crippen molar-refractivity contribution in [3.8, 4) is 5.75 Å². The third-order valence-electron chi connectivity index (χ3n) is 2.73. The summed E-state index contributed by atoms with van der Waals surface area (Å²) in [6.45, 7) is -1.17. The van der Waals surface area contributed by atoms with Crippen molar-refractivity contribution in [1.29, 1.82) is 0 Å². The molecule has 0 aliphatic rings. The van der Waals surface area contributed by atoms with Crippen LogP contribution < -0.4 is 15.8 Å². The number of oxime groups is 1. The Labute approximate surface area is 120 Å². The average Bonchev–Trinajstić information content (AvgIpc) is 2.45. The summed E-state index contributed by atoms with van der Waals surface area (Å²) in [4.78, 5) is 12.1. The molecule has 0 saturated carbocycles. The summed E-state index contributed by atoms with van der Waals surface area (Å²) in [5.41, 5.74) is 5.56. The van der Waals surface area contributed by atoms with E-state index in [-0.39, 0.29) is 17.3 Å². The van der Waals surface area contributed by atoms with E-state index in [1.54, 1.807) is 6.07 Å². The number of carbonyl (C=O) groups is 1. The van der Waals surface area contributed by atoms with Crippen molar-refractivity contribution in [2.45, 2.75) is 26.4 Å². The van der Waals surface area contributed by atoms with Gasteiger partial charge < -0.3 is 21.0 Å². The number of nitrogens with one attached hydrogen (secondary N) is 1. The summed E-state index contributed by atoms with van der Waals surface area (Å²) in [5, 5.41) is 13.9. The highest BCUT2D eigenvalue weighted by atomic mass is 19.3. The van der Waals surface area contributed by atoms with E-state index >= 15 is 0 Å². The van der Waals surface area contributed by atoms with E-state index in [4.69, 9.17) is 10.9 Å². The number of para-hydroxylation sites is 2. The van der Waals surface area contributed by atoms with Gasteiger partial charge in [0.05, 0.1) is 11.6 Å². The lowest BCUT2D eigenvalue weighted by molar-refractivity contribution is -0.118. The zero-order valence-corrected chi connectivity index (χ0v) is 11.4. The highest BCUT2D eigenvalue weighted by molar-refractivity contribution is 6.08. The van der Waals surface area contributed by atoms with Gasteiger partial charge in [-0.15, -0.1) is 0 Å². The quantitative estimate of drug-likeness (QED) is 0.312. The molecule has 0 aromatic heterocycles. The van der Waals surface area contributed by atoms with Crippen LogP contribution in [0.5, 0.6) is 5.75 Å². The van der Waals surface area contributed by atoms with E-state index in [0.717, 1.165) is 0 Å². The molecule has 1 atom stereocenters. The van der Waals surface area contributed by atoms with Crippen LogP contribution in [0.3, 0.4) is 0 Å². The Morgan fingerprint density at radius 2 is 2.14 bits per heavy atom. The van der Waals surface area contributed by atoms with Crippen molar-refractivity contribution in [2.75, 3.05) is 5.32 Å². The Morgan fingerprint density at radius 1 is 1.48 bits per heavy atom. The highest BCUT2D eigenvalue weighted by Gasteiger charge is 2.23. The second kappa shape index (κ2) is 8.03. The van der Waals surface area contributed by atoms with Crippen LogP contribution in [0.2, 0.25) is 0 Å². The summed E-state index contributed by atoms with van der Waals surface area (Å²) < 4.78 is 28.9. The van der Waals surface area contributed by atoms with Crippen LogP contribution >= 0.6 is 0 Å². The van der Waals surface area contributed by atoms with Crippen LogP contribution in [0, 0.1) is 5.92 Å². The minimum atomic E-state index is -3.00. The molecule has 1 aromatic carbocycles. The van der Waals surface area contributed by atoms with Crippen molar-refractivity contribution >= 4 is 17.4 Å². The summed E-state index contributed by atoms with van der Waals surface area (Å²) >= 11 is 0. The Hall–Kier alpha value is -2.38. The zero-order chi connectivity index (χ0) is 15.8. The molecular formula is C13H17F2N3O3. The molecule has 1 rings (SSSR count). The fourth-order valence-electron chi connectivity index (χ4n) is 1.76. The van der Waals surface area contributed by atoms with Gasteiger partial charge in [0, 0.05) is 0 Å². The van der Waals surface area contributed by atoms with Crippen LogP contribution in [0.15, 0.2) is 29.4 Å². The highest BCUT2D eigenvalue weighted by Crippen LogP contribution is 2.26. The van der Waals surface area contributed by atoms with Crippen LogP contribution in [0.1, 0.15) is 19.8 Å². The molecule has 1 unspecified atom stereocenters. The van der Waals surface area contributed by atoms with E-state index < -0.39 is 18.4 Å². The molecular weight excluding hydrogens is 284 g/mol. The number of amidine groups is 1. The third kappa shape index (κ3) is 4.90. The summed E-state index contributed by atoms with van der Waals surface area (Å²) in [7, 11) is 0. The monoisotopic (exact) mass is 301 g/mol. The van der Waals surface area contributed by atoms with E-state index in [0.29, 0.717) is 12.8 Å². The lowest BCUT2D eigenvalue weighted by Crippen LogP contribution is -2.34. The number of rotatable bonds is 7. The van der Waals surface area contributed by atoms with E-state index in [2.05, 4.69) is 15.2 Å². The lowest BCUT2D eigenvalue weighted by Gasteiger charge is -2.16. The predicted octanol–water partition coefficient (Wildman–Crippen LogP) is 2.39. The Bertz CT molecular complexity index is 509. The minimum Gasteiger partial charge on any atom is -0.433 e. The zero-order valence-electron chi connectivity index (χ0n) is 11.4. The van der Waals surface area contributed by atoms with Crippen LogP contribution in [-0.4, -0.2) is 23.6 Å². The first kappa shape index (κ1) is 16.7. The fraction of sp³-hybridized carbons (Fsp3) is 0.385. The number of hydrogen-bond donors (Lipinski definition) is 3. The van der Waals surface area contributed by atoms with Gasteiger partial charge in [-0.25, -0.2) is 0 Å². The van der Waals surface area contributed by atoms with Crippen LogP contribution in [0.25, 0.3) is 0 Å². The number of nitrogens with zero attached hydrogens (tertiary/aromatic N) is 1. The standard InChI is InChI=1S/C13H17F2N3O3/c1-2-5-8(11(16)18-20)12(19)17-9-6-3-4-7-10(9)21-13(14)15/h3-4,6-8,13,20H,2,5H2,1H3,(H2,16,18)(H,17,19). The predicted molar refractivity (Wildman–Crippen MR) is 73.5 cm³/mol. The first-order chi connectivity index (χ1) is 9.99. The van der Waals surface area contributed by atoms with Gasteiger partial charge in [-0.1, -0.05) is 30.6 Å². The molecule has 116 valence electrons. The summed E-state index contributed by atoms with van der Waals surface area (Å²) in [6.07, 6.45) is 0.989. The number of halogens is 2. The van der Waals surface area contributed by atoms with E-state index in [1.165, 1.54) is 18.2 Å². The number of ether oxygens (including phenoxy) is 1. The molecule has 8 heteroatoms. The first-order valence-corrected chi connectivity index (χ1v) is 6.31. The topological polar surface area (TPSA) is 96.9 Å². The first-order valence-electron chi connectivity index (χ1n) is 6.31. The van der Waals surface area contributed by atoms with Gasteiger partial charge in [0.1, 0.15) is 5.75 Å². The number of carbonyl (C=O) groups excluding carboxylic acids is 1. The normalized spacial score (nSPS) is 13.0. The maximum absolute atomic E-state index is 12.3. The van der Waals surface area contributed by atoms with Crippen molar-refractivity contribution in [1.82, 2.24) is 0 Å². The van der Waals surface area contributed by atoms with Crippen molar-refractivity contribution in [2.24, 2.45) is 16.8 Å². The number of nitrogens with two attached hydrogens (primary N) is 1. The van der Waals surface area contributed by atoms with Gasteiger partial charge in [-0.05, 0) is 18.6 Å². The molecule has 0 radical (unpaired) electrons. The molecule has 1 amide bonds. The van der Waals surface area contributed by atoms with Crippen molar-refractivity contribution < 1.29 is 23.5 Å². The molecule has 0 heterocycles. The molecule has 1 aromatic rings. The van der Waals surface area contributed by atoms with Gasteiger partial charge >= 0.3 is 6.61 Å². The Balaban J connectivity index is 2.91. The van der Waals surface area contributed by atoms with Gasteiger partial charge in [-0.3, -0.25) is 4.79 Å². The second-order valence-electron chi connectivity index (χ2n) is 4.23. The van der Waals surface area contributed by atoms with Crippen LogP contribution in [-0.2, 0) is 4.79 Å². The lowest BCUT2D eigenvalue weighted by atomic mass is 10.0. The average molecular weight is 301 g/mol. The van der Waals surface area contributed by atoms with Crippen molar-refractivity contribution in [3.05, 3.63) is 24.3 Å². The van der Waals surface area contributed by atoms with Gasteiger partial charge in [-0.2, -0.15) is 8.78 Å². The Kier molecular flexibility index (Phi) is 6.38. The molecule has 0 aliphatic heterocycles. The number of hydrogen-bond acceptors (Lipinski definition) is 4. The van der Waals surface area contributed by atoms with Gasteiger partial charge in [0.15, 0.2) is 5.84 Å². The third-order valence-corrected chi connectivity index (χ3v) is 2.73. The van der Waals surface area contributed by atoms with Gasteiger partial charge in [0.25, 0.3) is 0 Å². The number of amides is 1. The molecule has 0 spiro atoms. The number of anilines is 1. The largest absolute Gasteiger partial charge is 0.433 e. The van der Waals surface area contributed by atoms with E-state index in [9.17, 15) is 13.6 Å². The van der Waals surface area contributed by atoms with Gasteiger partial charge in [0.2, 0.25) is 5.91 Å². The second-order valence-corrected chi connectivity index (χ2v) is 4.23. The SMILES string of the molecule is CCCC(C(=O)Nc1ccccc1OC(F)F)C(N)=NO. The molecule has 6 nitrogen and oxygen atoms in total.